The summed E-state index contributed by atoms with van der Waals surface area (Å²) in [4.78, 5) is 0. The number of allylic oxidation sites excluding steroid dienone is 6. The van der Waals surface area contributed by atoms with Crippen LogP contribution in [-0.4, -0.2) is 18.5 Å². The molecule has 1 nitrogen and oxygen atoms in total. The first-order chi connectivity index (χ1) is 13.6. The molecule has 0 bridgehead atoms. The van der Waals surface area contributed by atoms with E-state index in [0.29, 0.717) is 16.2 Å². The molecule has 0 atom stereocenters. The van der Waals surface area contributed by atoms with Gasteiger partial charge in [-0.3, -0.25) is 4.74 Å². The zero-order valence-corrected chi connectivity index (χ0v) is 25.0. The number of hydrogen-bond donors (Lipinski definition) is 0. The fourth-order valence-electron chi connectivity index (χ4n) is 3.03. The molecule has 0 N–H and O–H groups in total. The zero-order valence-electron chi connectivity index (χ0n) is 22.5. The van der Waals surface area contributed by atoms with Gasteiger partial charge in [0, 0.05) is 33.8 Å². The Balaban J connectivity index is 0. The topological polar surface area (TPSA) is 12.4 Å². The van der Waals surface area contributed by atoms with Crippen molar-refractivity contribution >= 4 is 7.05 Å². The molecule has 3 heteroatoms. The van der Waals surface area contributed by atoms with Gasteiger partial charge in [-0.15, -0.1) is 0 Å². The molecule has 0 saturated carbocycles. The molecule has 0 fully saturated rings. The Hall–Kier alpha value is -0.0957. The number of rotatable bonds is 8. The molecule has 0 radical (unpaired) electrons. The minimum Gasteiger partial charge on any atom is -0.272 e. The summed E-state index contributed by atoms with van der Waals surface area (Å²) in [7, 11) is -1.32. The van der Waals surface area contributed by atoms with Gasteiger partial charge in [0.25, 0.3) is 0 Å². The molecule has 0 heterocycles. The van der Waals surface area contributed by atoms with Gasteiger partial charge in [-0.25, -0.2) is 0 Å². The first kappa shape index (κ1) is 33.1. The van der Waals surface area contributed by atoms with Crippen molar-refractivity contribution in [2.75, 3.05) is 18.5 Å². The predicted octanol–water partition coefficient (Wildman–Crippen LogP) is 10.1. The Labute approximate surface area is 211 Å². The van der Waals surface area contributed by atoms with Gasteiger partial charge in [0.15, 0.2) is 0 Å². The van der Waals surface area contributed by atoms with Gasteiger partial charge in [-0.2, -0.15) is 0 Å². The minimum absolute atomic E-state index is 0. The Morgan fingerprint density at radius 1 is 0.871 bits per heavy atom. The van der Waals surface area contributed by atoms with Gasteiger partial charge in [0.1, 0.15) is 0 Å². The van der Waals surface area contributed by atoms with Crippen LogP contribution in [-0.2, 0) is 21.7 Å². The Bertz CT molecular complexity index is 594. The summed E-state index contributed by atoms with van der Waals surface area (Å²) >= 11 is 0. The largest absolute Gasteiger partial charge is 0.272 e. The molecular formula is C28H52NPTi. The van der Waals surface area contributed by atoms with E-state index in [-0.39, 0.29) is 21.7 Å². The summed E-state index contributed by atoms with van der Waals surface area (Å²) in [5, 5.41) is 0. The minimum atomic E-state index is -1.32. The van der Waals surface area contributed by atoms with Crippen molar-refractivity contribution in [3.05, 3.63) is 48.7 Å². The van der Waals surface area contributed by atoms with Gasteiger partial charge < -0.3 is 0 Å². The summed E-state index contributed by atoms with van der Waals surface area (Å²) in [5.74, 6) is 0. The van der Waals surface area contributed by atoms with Crippen LogP contribution in [0.15, 0.2) is 53.5 Å². The molecule has 0 unspecified atom stereocenters. The molecule has 0 spiro atoms. The van der Waals surface area contributed by atoms with E-state index in [0.717, 1.165) is 6.42 Å². The van der Waals surface area contributed by atoms with E-state index in [1.54, 1.807) is 6.08 Å². The van der Waals surface area contributed by atoms with Crippen molar-refractivity contribution in [2.24, 2.45) is 21.0 Å². The van der Waals surface area contributed by atoms with Crippen molar-refractivity contribution < 1.29 is 21.7 Å². The molecule has 0 amide bonds. The Kier molecular flexibility index (Phi) is 15.9. The standard InChI is InChI=1S/C23H44NP.C5H8.Ti/c1-21(2,3)14-17-25(18-15-22(4,5)6,19-16-23(7,8)9)24-20-12-10-11-13-20;1-3-5-4-2;/h10-12H,13-19H2,1-9H3;3-5H,1H2,2H3;. The summed E-state index contributed by atoms with van der Waals surface area (Å²) < 4.78 is 5.53. The summed E-state index contributed by atoms with van der Waals surface area (Å²) in [6, 6.07) is 0. The molecule has 178 valence electrons. The summed E-state index contributed by atoms with van der Waals surface area (Å²) in [6.45, 7) is 26.8. The van der Waals surface area contributed by atoms with E-state index in [1.165, 1.54) is 43.4 Å². The third kappa shape index (κ3) is 19.1. The van der Waals surface area contributed by atoms with Gasteiger partial charge in [0.2, 0.25) is 0 Å². The summed E-state index contributed by atoms with van der Waals surface area (Å²) in [5.41, 5.74) is 2.52. The first-order valence-electron chi connectivity index (χ1n) is 11.8. The molecule has 0 saturated heterocycles. The van der Waals surface area contributed by atoms with E-state index in [2.05, 4.69) is 87.1 Å². The fourth-order valence-corrected chi connectivity index (χ4v) is 7.96. The van der Waals surface area contributed by atoms with E-state index in [1.807, 2.05) is 19.1 Å². The molecule has 0 aliphatic heterocycles. The first-order valence-corrected chi connectivity index (χ1v) is 14.1. The molecule has 1 aliphatic rings. The van der Waals surface area contributed by atoms with Gasteiger partial charge in [-0.05, 0) is 74.0 Å². The third-order valence-electron chi connectivity index (χ3n) is 5.25. The molecule has 1 aliphatic carbocycles. The fraction of sp³-hybridized carbons (Fsp3) is 0.714. The molecule has 0 aromatic carbocycles. The maximum absolute atomic E-state index is 5.53. The number of hydrogen-bond acceptors (Lipinski definition) is 1. The zero-order chi connectivity index (χ0) is 23.5. The molecule has 1 rings (SSSR count). The van der Waals surface area contributed by atoms with Crippen molar-refractivity contribution in [1.82, 2.24) is 0 Å². The van der Waals surface area contributed by atoms with Crippen LogP contribution in [0.2, 0.25) is 0 Å². The van der Waals surface area contributed by atoms with E-state index in [4.69, 9.17) is 4.74 Å². The monoisotopic (exact) mass is 481 g/mol. The normalized spacial score (nSPS) is 14.6. The predicted molar refractivity (Wildman–Crippen MR) is 143 cm³/mol. The van der Waals surface area contributed by atoms with Crippen molar-refractivity contribution in [3.8, 4) is 0 Å². The average molecular weight is 482 g/mol. The maximum atomic E-state index is 5.53. The van der Waals surface area contributed by atoms with E-state index >= 15 is 0 Å². The smallest absolute Gasteiger partial charge is 0.0425 e. The van der Waals surface area contributed by atoms with Crippen molar-refractivity contribution in [2.45, 2.75) is 94.9 Å². The molecular weight excluding hydrogens is 429 g/mol. The average Bonchev–Trinajstić information content (AvgIpc) is 3.08. The Morgan fingerprint density at radius 3 is 1.52 bits per heavy atom. The van der Waals surface area contributed by atoms with Crippen LogP contribution in [0, 0.1) is 16.2 Å². The van der Waals surface area contributed by atoms with E-state index < -0.39 is 7.05 Å². The van der Waals surface area contributed by atoms with Crippen LogP contribution in [0.3, 0.4) is 0 Å². The van der Waals surface area contributed by atoms with E-state index in [9.17, 15) is 0 Å². The van der Waals surface area contributed by atoms with Gasteiger partial charge >= 0.3 is 0 Å². The molecule has 31 heavy (non-hydrogen) atoms. The van der Waals surface area contributed by atoms with Crippen molar-refractivity contribution in [3.63, 3.8) is 0 Å². The van der Waals surface area contributed by atoms with Crippen LogP contribution in [0.5, 0.6) is 0 Å². The second kappa shape index (κ2) is 14.9. The van der Waals surface area contributed by atoms with Gasteiger partial charge in [-0.1, -0.05) is 99.3 Å². The summed E-state index contributed by atoms with van der Waals surface area (Å²) in [6.07, 6.45) is 21.1. The van der Waals surface area contributed by atoms with Crippen LogP contribution in [0.25, 0.3) is 0 Å². The third-order valence-corrected chi connectivity index (χ3v) is 9.10. The quantitative estimate of drug-likeness (QED) is 0.186. The number of nitrogens with zero attached hydrogens (tertiary/aromatic N) is 1. The van der Waals surface area contributed by atoms with Gasteiger partial charge in [0.05, 0.1) is 0 Å². The van der Waals surface area contributed by atoms with Crippen LogP contribution in [0.1, 0.15) is 94.9 Å². The van der Waals surface area contributed by atoms with Crippen LogP contribution < -0.4 is 0 Å². The van der Waals surface area contributed by atoms with Crippen LogP contribution >= 0.6 is 7.05 Å². The second-order valence-corrected chi connectivity index (χ2v) is 16.1. The second-order valence-electron chi connectivity index (χ2n) is 12.3. The SMILES string of the molecule is C=CC=CC.CC(C)(C)CCP(CCC(C)(C)C)(CCC(C)(C)C)=NC1=CC=CC1.[Ti]. The molecule has 0 aromatic heterocycles. The maximum Gasteiger partial charge on any atom is 0.0425 e. The Morgan fingerprint density at radius 2 is 1.29 bits per heavy atom. The molecule has 0 aromatic rings. The van der Waals surface area contributed by atoms with Crippen molar-refractivity contribution in [1.29, 1.82) is 0 Å². The van der Waals surface area contributed by atoms with Crippen LogP contribution in [0.4, 0.5) is 0 Å².